The number of aryl methyl sites for hydroxylation is 1. The fourth-order valence-electron chi connectivity index (χ4n) is 3.15. The molecule has 3 rings (SSSR count). The van der Waals surface area contributed by atoms with Gasteiger partial charge in [0.1, 0.15) is 6.04 Å². The van der Waals surface area contributed by atoms with E-state index < -0.39 is 22.9 Å². The fourth-order valence-corrected chi connectivity index (χ4v) is 3.54. The zero-order valence-corrected chi connectivity index (χ0v) is 16.0. The summed E-state index contributed by atoms with van der Waals surface area (Å²) in [7, 11) is 1.61. The van der Waals surface area contributed by atoms with E-state index in [1.807, 2.05) is 6.92 Å². The number of rotatable bonds is 6. The molecule has 1 amide bonds. The minimum atomic E-state index is -4.66. The molecule has 1 fully saturated rings. The molecule has 1 aliphatic rings. The second-order valence-electron chi connectivity index (χ2n) is 6.77. The Morgan fingerprint density at radius 1 is 1.44 bits per heavy atom. The van der Waals surface area contributed by atoms with Gasteiger partial charge in [0.2, 0.25) is 5.91 Å². The lowest BCUT2D eigenvalue weighted by Gasteiger charge is -2.23. The lowest BCUT2D eigenvalue weighted by molar-refractivity contribution is -0.142. The van der Waals surface area contributed by atoms with Gasteiger partial charge in [-0.25, -0.2) is 0 Å². The normalized spacial score (nSPS) is 15.8. The maximum absolute atomic E-state index is 13.2. The minimum absolute atomic E-state index is 0.0804. The molecule has 0 aromatic carbocycles. The Kier molecular flexibility index (Phi) is 5.24. The predicted octanol–water partition coefficient (Wildman–Crippen LogP) is 3.87. The van der Waals surface area contributed by atoms with Crippen LogP contribution in [0.5, 0.6) is 0 Å². The first kappa shape index (κ1) is 19.7. The number of carbonyl (C=O) groups is 1. The topological polar surface area (TPSA) is 56.0 Å². The fraction of sp³-hybridized carbons (Fsp3) is 0.588. The SMILES string of the molecule is CCn1nccc1CN(C)C(=O)C(C)n1nc(C(F)(F)F)c(Cl)c1C1CC1. The molecule has 2 heterocycles. The number of hydrogen-bond donors (Lipinski definition) is 0. The number of alkyl halides is 3. The molecule has 6 nitrogen and oxygen atoms in total. The van der Waals surface area contributed by atoms with Crippen molar-refractivity contribution in [3.63, 3.8) is 0 Å². The molecule has 1 atom stereocenters. The van der Waals surface area contributed by atoms with Crippen LogP contribution >= 0.6 is 11.6 Å². The zero-order chi connectivity index (χ0) is 19.9. The summed E-state index contributed by atoms with van der Waals surface area (Å²) in [4.78, 5) is 14.3. The van der Waals surface area contributed by atoms with E-state index in [4.69, 9.17) is 11.6 Å². The molecule has 1 unspecified atom stereocenters. The summed E-state index contributed by atoms with van der Waals surface area (Å²) < 4.78 is 42.6. The van der Waals surface area contributed by atoms with E-state index in [0.29, 0.717) is 18.8 Å². The van der Waals surface area contributed by atoms with Crippen molar-refractivity contribution < 1.29 is 18.0 Å². The Bertz CT molecular complexity index is 840. The number of nitrogens with zero attached hydrogens (tertiary/aromatic N) is 5. The highest BCUT2D eigenvalue weighted by atomic mass is 35.5. The van der Waals surface area contributed by atoms with Gasteiger partial charge in [0.05, 0.1) is 23.0 Å². The molecule has 0 bridgehead atoms. The molecule has 0 radical (unpaired) electrons. The van der Waals surface area contributed by atoms with Crippen molar-refractivity contribution in [1.29, 1.82) is 0 Å². The molecule has 2 aromatic rings. The first-order valence-electron chi connectivity index (χ1n) is 8.75. The van der Waals surface area contributed by atoms with Gasteiger partial charge in [-0.15, -0.1) is 0 Å². The summed E-state index contributed by atoms with van der Waals surface area (Å²) in [6.45, 7) is 4.45. The molecular weight excluding hydrogens is 383 g/mol. The zero-order valence-electron chi connectivity index (χ0n) is 15.3. The van der Waals surface area contributed by atoms with E-state index in [0.717, 1.165) is 23.2 Å². The molecule has 1 aliphatic carbocycles. The van der Waals surface area contributed by atoms with E-state index in [-0.39, 0.29) is 11.8 Å². The van der Waals surface area contributed by atoms with Crippen LogP contribution in [0.15, 0.2) is 12.3 Å². The van der Waals surface area contributed by atoms with Crippen LogP contribution in [0, 0.1) is 0 Å². The third-order valence-electron chi connectivity index (χ3n) is 4.72. The molecule has 148 valence electrons. The summed E-state index contributed by atoms with van der Waals surface area (Å²) >= 11 is 5.99. The molecular formula is C17H21ClF3N5O. The van der Waals surface area contributed by atoms with Gasteiger partial charge in [-0.05, 0) is 32.8 Å². The van der Waals surface area contributed by atoms with Crippen molar-refractivity contribution in [2.24, 2.45) is 0 Å². The highest BCUT2D eigenvalue weighted by molar-refractivity contribution is 6.32. The van der Waals surface area contributed by atoms with Crippen LogP contribution < -0.4 is 0 Å². The van der Waals surface area contributed by atoms with E-state index in [1.54, 1.807) is 30.9 Å². The highest BCUT2D eigenvalue weighted by Gasteiger charge is 2.43. The lowest BCUT2D eigenvalue weighted by atomic mass is 10.2. The van der Waals surface area contributed by atoms with Crippen LogP contribution in [0.3, 0.4) is 0 Å². The molecule has 0 saturated heterocycles. The molecule has 10 heteroatoms. The maximum Gasteiger partial charge on any atom is 0.436 e. The standard InChI is InChI=1S/C17H21ClF3N5O/c1-4-25-12(7-8-22-25)9-24(3)16(27)10(2)26-14(11-5-6-11)13(18)15(23-26)17(19,20)21/h7-8,10-11H,4-6,9H2,1-3H3. The number of halogens is 4. The number of hydrogen-bond acceptors (Lipinski definition) is 3. The van der Waals surface area contributed by atoms with E-state index in [9.17, 15) is 18.0 Å². The quantitative estimate of drug-likeness (QED) is 0.735. The monoisotopic (exact) mass is 403 g/mol. The third kappa shape index (κ3) is 3.83. The summed E-state index contributed by atoms with van der Waals surface area (Å²) in [5.41, 5.74) is 0.0201. The van der Waals surface area contributed by atoms with Crippen molar-refractivity contribution in [3.05, 3.63) is 34.4 Å². The summed E-state index contributed by atoms with van der Waals surface area (Å²) in [6, 6.07) is 0.914. The molecule has 27 heavy (non-hydrogen) atoms. The van der Waals surface area contributed by atoms with Crippen LogP contribution in [-0.2, 0) is 24.1 Å². The van der Waals surface area contributed by atoms with Gasteiger partial charge in [-0.2, -0.15) is 23.4 Å². The molecule has 2 aromatic heterocycles. The average molecular weight is 404 g/mol. The maximum atomic E-state index is 13.2. The van der Waals surface area contributed by atoms with Gasteiger partial charge >= 0.3 is 6.18 Å². The van der Waals surface area contributed by atoms with Crippen LogP contribution in [-0.4, -0.2) is 37.4 Å². The number of aromatic nitrogens is 4. The van der Waals surface area contributed by atoms with Crippen molar-refractivity contribution in [3.8, 4) is 0 Å². The molecule has 0 N–H and O–H groups in total. The average Bonchev–Trinajstić information content (AvgIpc) is 3.23. The Morgan fingerprint density at radius 2 is 2.11 bits per heavy atom. The largest absolute Gasteiger partial charge is 0.436 e. The summed E-state index contributed by atoms with van der Waals surface area (Å²) in [5, 5.41) is 7.44. The lowest BCUT2D eigenvalue weighted by Crippen LogP contribution is -2.34. The Hall–Kier alpha value is -2.03. The van der Waals surface area contributed by atoms with Crippen molar-refractivity contribution >= 4 is 17.5 Å². The van der Waals surface area contributed by atoms with Crippen LogP contribution in [0.1, 0.15) is 55.7 Å². The Balaban J connectivity index is 1.86. The second kappa shape index (κ2) is 7.18. The van der Waals surface area contributed by atoms with E-state index >= 15 is 0 Å². The first-order valence-corrected chi connectivity index (χ1v) is 9.13. The summed E-state index contributed by atoms with van der Waals surface area (Å²) in [5.74, 6) is -0.420. The van der Waals surface area contributed by atoms with Crippen molar-refractivity contribution in [2.45, 2.75) is 57.9 Å². The van der Waals surface area contributed by atoms with Crippen molar-refractivity contribution in [1.82, 2.24) is 24.5 Å². The molecule has 1 saturated carbocycles. The first-order chi connectivity index (χ1) is 12.6. The second-order valence-corrected chi connectivity index (χ2v) is 7.15. The highest BCUT2D eigenvalue weighted by Crippen LogP contribution is 2.47. The van der Waals surface area contributed by atoms with Gasteiger partial charge in [0.25, 0.3) is 0 Å². The Labute approximate surface area is 159 Å². The number of amides is 1. The van der Waals surface area contributed by atoms with E-state index in [1.165, 1.54) is 4.90 Å². The van der Waals surface area contributed by atoms with Crippen LogP contribution in [0.2, 0.25) is 5.02 Å². The third-order valence-corrected chi connectivity index (χ3v) is 5.10. The molecule has 0 aliphatic heterocycles. The predicted molar refractivity (Wildman–Crippen MR) is 93.3 cm³/mol. The van der Waals surface area contributed by atoms with Gasteiger partial charge < -0.3 is 4.90 Å². The summed E-state index contributed by atoms with van der Waals surface area (Å²) in [6.07, 6.45) is -1.52. The van der Waals surface area contributed by atoms with E-state index in [2.05, 4.69) is 10.2 Å². The van der Waals surface area contributed by atoms with Crippen molar-refractivity contribution in [2.75, 3.05) is 7.05 Å². The van der Waals surface area contributed by atoms with Gasteiger partial charge in [0.15, 0.2) is 5.69 Å². The number of likely N-dealkylation sites (N-methyl/N-ethyl adjacent to an activating group) is 1. The molecule has 0 spiro atoms. The smallest absolute Gasteiger partial charge is 0.338 e. The van der Waals surface area contributed by atoms with Crippen LogP contribution in [0.4, 0.5) is 13.2 Å². The van der Waals surface area contributed by atoms with Gasteiger partial charge in [-0.3, -0.25) is 14.2 Å². The Morgan fingerprint density at radius 3 is 2.67 bits per heavy atom. The minimum Gasteiger partial charge on any atom is -0.338 e. The van der Waals surface area contributed by atoms with Gasteiger partial charge in [0, 0.05) is 25.7 Å². The van der Waals surface area contributed by atoms with Gasteiger partial charge in [-0.1, -0.05) is 11.6 Å². The number of carbonyl (C=O) groups excluding carboxylic acids is 1. The van der Waals surface area contributed by atoms with Crippen LogP contribution in [0.25, 0.3) is 0 Å².